The van der Waals surface area contributed by atoms with Crippen molar-refractivity contribution in [3.05, 3.63) is 47.7 Å². The van der Waals surface area contributed by atoms with Crippen molar-refractivity contribution in [2.45, 2.75) is 56.8 Å². The molecule has 9 nitrogen and oxygen atoms in total. The molecule has 0 amide bonds. The summed E-state index contributed by atoms with van der Waals surface area (Å²) < 4.78 is 58.1. The summed E-state index contributed by atoms with van der Waals surface area (Å²) in [6.07, 6.45) is 3.18. The maximum atomic E-state index is 16.8. The second kappa shape index (κ2) is 11.9. The van der Waals surface area contributed by atoms with E-state index in [-0.39, 0.29) is 41.7 Å². The molecule has 5 heterocycles. The van der Waals surface area contributed by atoms with Crippen molar-refractivity contribution in [1.29, 1.82) is 0 Å². The molecule has 1 unspecified atom stereocenters. The number of halogens is 3. The predicted molar refractivity (Wildman–Crippen MR) is 163 cm³/mol. The van der Waals surface area contributed by atoms with Gasteiger partial charge in [-0.3, -0.25) is 9.88 Å². The molecule has 2 aromatic heterocycles. The molecule has 0 saturated carbocycles. The molecule has 2 N–H and O–H groups in total. The van der Waals surface area contributed by atoms with Crippen LogP contribution in [0.1, 0.15) is 38.2 Å². The summed E-state index contributed by atoms with van der Waals surface area (Å²) in [4.78, 5) is 17.8. The second-order valence-electron chi connectivity index (χ2n) is 12.3. The van der Waals surface area contributed by atoms with Crippen molar-refractivity contribution in [1.82, 2.24) is 19.9 Å². The Hall–Kier alpha value is -3.74. The number of fused-ring (bicyclic) bond motifs is 3. The lowest BCUT2D eigenvalue weighted by atomic mass is 9.94. The molecule has 0 bridgehead atoms. The van der Waals surface area contributed by atoms with Crippen LogP contribution in [-0.2, 0) is 11.2 Å². The van der Waals surface area contributed by atoms with Crippen molar-refractivity contribution in [2.24, 2.45) is 0 Å². The fraction of sp³-hybridized carbons (Fsp3) is 0.485. The molecule has 0 aliphatic carbocycles. The molecule has 3 aliphatic heterocycles. The van der Waals surface area contributed by atoms with Gasteiger partial charge in [-0.15, -0.1) is 0 Å². The Morgan fingerprint density at radius 3 is 2.82 bits per heavy atom. The third kappa shape index (κ3) is 5.32. The van der Waals surface area contributed by atoms with Crippen LogP contribution in [0.2, 0.25) is 0 Å². The number of nitrogens with zero attached hydrogens (tertiary/aromatic N) is 5. The summed E-state index contributed by atoms with van der Waals surface area (Å²) in [6, 6.07) is 5.73. The molecule has 4 aromatic rings. The molecule has 3 aliphatic rings. The minimum absolute atomic E-state index is 0.0489. The molecule has 0 radical (unpaired) electrons. The molecule has 7 rings (SSSR count). The lowest BCUT2D eigenvalue weighted by molar-refractivity contribution is 0.0266. The number of aliphatic hydroxyl groups is 1. The molecule has 3 atom stereocenters. The van der Waals surface area contributed by atoms with Crippen LogP contribution in [0.5, 0.6) is 11.8 Å². The largest absolute Gasteiger partial charge is 0.508 e. The zero-order chi connectivity index (χ0) is 31.3. The highest BCUT2D eigenvalue weighted by Crippen LogP contribution is 2.42. The molecular formula is C33H36F3N5O4. The summed E-state index contributed by atoms with van der Waals surface area (Å²) in [7, 11) is 0. The van der Waals surface area contributed by atoms with Gasteiger partial charge in [-0.2, -0.15) is 9.97 Å². The SMILES string of the molecule is CCc1c(F)ccc2cc(O)cc(-c3ncc4c(N5CCCOC(CO)C5)nc(OC[C@@]56CCCN5C[C@H](F)C6)nc4c3F)c12. The van der Waals surface area contributed by atoms with Gasteiger partial charge in [-0.25, -0.2) is 13.2 Å². The number of hydrogen-bond donors (Lipinski definition) is 2. The molecule has 238 valence electrons. The van der Waals surface area contributed by atoms with Gasteiger partial charge in [0.15, 0.2) is 5.82 Å². The van der Waals surface area contributed by atoms with Crippen LogP contribution in [0.25, 0.3) is 32.9 Å². The molecular weight excluding hydrogens is 587 g/mol. The molecule has 3 fully saturated rings. The highest BCUT2D eigenvalue weighted by atomic mass is 19.1. The average Bonchev–Trinajstić information content (AvgIpc) is 3.44. The number of aromatic hydroxyl groups is 1. The highest BCUT2D eigenvalue weighted by molar-refractivity contribution is 6.01. The minimum Gasteiger partial charge on any atom is -0.508 e. The zero-order valence-electron chi connectivity index (χ0n) is 25.1. The maximum Gasteiger partial charge on any atom is 0.319 e. The van der Waals surface area contributed by atoms with Crippen LogP contribution in [0.15, 0.2) is 30.5 Å². The first-order valence-electron chi connectivity index (χ1n) is 15.6. The van der Waals surface area contributed by atoms with Gasteiger partial charge in [0.05, 0.1) is 23.6 Å². The van der Waals surface area contributed by atoms with E-state index < -0.39 is 29.4 Å². The molecule has 45 heavy (non-hydrogen) atoms. The van der Waals surface area contributed by atoms with Crippen LogP contribution < -0.4 is 9.64 Å². The number of aryl methyl sites for hydroxylation is 1. The Morgan fingerprint density at radius 2 is 2.00 bits per heavy atom. The number of pyridine rings is 1. The van der Waals surface area contributed by atoms with Crippen LogP contribution >= 0.6 is 0 Å². The van der Waals surface area contributed by atoms with Gasteiger partial charge in [0, 0.05) is 44.4 Å². The third-order valence-corrected chi connectivity index (χ3v) is 9.49. The minimum atomic E-state index is -0.935. The van der Waals surface area contributed by atoms with Gasteiger partial charge in [-0.1, -0.05) is 13.0 Å². The van der Waals surface area contributed by atoms with Crippen molar-refractivity contribution in [3.8, 4) is 23.0 Å². The van der Waals surface area contributed by atoms with Gasteiger partial charge in [-0.05, 0) is 66.8 Å². The van der Waals surface area contributed by atoms with Crippen LogP contribution in [-0.4, -0.2) is 93.9 Å². The third-order valence-electron chi connectivity index (χ3n) is 9.49. The fourth-order valence-electron chi connectivity index (χ4n) is 7.39. The monoisotopic (exact) mass is 623 g/mol. The molecule has 3 saturated heterocycles. The first-order valence-corrected chi connectivity index (χ1v) is 15.6. The molecule has 2 aromatic carbocycles. The van der Waals surface area contributed by atoms with E-state index in [1.54, 1.807) is 6.07 Å². The number of phenols is 1. The number of benzene rings is 2. The van der Waals surface area contributed by atoms with E-state index >= 15 is 4.39 Å². The Balaban J connectivity index is 1.38. The van der Waals surface area contributed by atoms with Crippen LogP contribution in [0.4, 0.5) is 19.0 Å². The van der Waals surface area contributed by atoms with E-state index in [2.05, 4.69) is 14.9 Å². The second-order valence-corrected chi connectivity index (χ2v) is 12.3. The summed E-state index contributed by atoms with van der Waals surface area (Å²) in [5, 5.41) is 21.8. The summed E-state index contributed by atoms with van der Waals surface area (Å²) in [6.45, 7) is 4.24. The zero-order valence-corrected chi connectivity index (χ0v) is 25.1. The van der Waals surface area contributed by atoms with Gasteiger partial charge < -0.3 is 24.6 Å². The van der Waals surface area contributed by atoms with Crippen molar-refractivity contribution in [3.63, 3.8) is 0 Å². The Bertz CT molecular complexity index is 1760. The van der Waals surface area contributed by atoms with Crippen molar-refractivity contribution >= 4 is 27.5 Å². The fourth-order valence-corrected chi connectivity index (χ4v) is 7.39. The predicted octanol–water partition coefficient (Wildman–Crippen LogP) is 4.93. The Morgan fingerprint density at radius 1 is 1.13 bits per heavy atom. The number of hydrogen-bond acceptors (Lipinski definition) is 9. The van der Waals surface area contributed by atoms with Crippen molar-refractivity contribution < 1.29 is 32.9 Å². The lowest BCUT2D eigenvalue weighted by Crippen LogP contribution is -2.43. The first kappa shape index (κ1) is 29.9. The smallest absolute Gasteiger partial charge is 0.319 e. The number of phenolic OH excluding ortho intramolecular Hbond substituents is 1. The number of alkyl halides is 1. The van der Waals surface area contributed by atoms with Crippen LogP contribution in [0, 0.1) is 11.6 Å². The van der Waals surface area contributed by atoms with Crippen molar-refractivity contribution in [2.75, 3.05) is 50.9 Å². The van der Waals surface area contributed by atoms with Gasteiger partial charge in [0.25, 0.3) is 0 Å². The number of rotatable bonds is 7. The van der Waals surface area contributed by atoms with Gasteiger partial charge in [0.2, 0.25) is 0 Å². The molecule has 0 spiro atoms. The Kier molecular flexibility index (Phi) is 7.91. The summed E-state index contributed by atoms with van der Waals surface area (Å²) >= 11 is 0. The molecule has 12 heteroatoms. The van der Waals surface area contributed by atoms with Gasteiger partial charge in [0.1, 0.15) is 41.4 Å². The number of anilines is 1. The van der Waals surface area contributed by atoms with E-state index in [9.17, 15) is 19.0 Å². The van der Waals surface area contributed by atoms with Gasteiger partial charge >= 0.3 is 6.01 Å². The summed E-state index contributed by atoms with van der Waals surface area (Å²) in [5.74, 6) is -0.923. The van der Waals surface area contributed by atoms with E-state index in [4.69, 9.17) is 14.5 Å². The van der Waals surface area contributed by atoms with Crippen LogP contribution in [0.3, 0.4) is 0 Å². The van der Waals surface area contributed by atoms with E-state index in [0.717, 1.165) is 19.4 Å². The standard InChI is InChI=1S/C33H36F3N5O4/c1-2-23-26(35)6-5-19-11-21(43)12-24(27(19)23)29-28(36)30-25(14-37-29)31(40-8-4-10-44-22(16-40)17-42)39-32(38-30)45-18-33-7-3-9-41(33)15-20(34)13-33/h5-6,11-12,14,20,22,42-43H,2-4,7-10,13,15-18H2,1H3/t20-,22?,33+/m1/s1. The maximum absolute atomic E-state index is 16.8. The summed E-state index contributed by atoms with van der Waals surface area (Å²) in [5.41, 5.74) is 0.0289. The normalized spacial score (nSPS) is 24.0. The lowest BCUT2D eigenvalue weighted by Gasteiger charge is -2.31. The Labute approximate surface area is 258 Å². The number of aromatic nitrogens is 3. The number of aliphatic hydroxyl groups excluding tert-OH is 1. The highest BCUT2D eigenvalue weighted by Gasteiger charge is 2.49. The van der Waals surface area contributed by atoms with E-state index in [1.165, 1.54) is 24.4 Å². The first-order chi connectivity index (χ1) is 21.8. The quantitative estimate of drug-likeness (QED) is 0.297. The number of ether oxygens (including phenoxy) is 2. The van der Waals surface area contributed by atoms with E-state index in [1.807, 2.05) is 11.8 Å². The topological polar surface area (TPSA) is 104 Å². The average molecular weight is 624 g/mol. The van der Waals surface area contributed by atoms with E-state index in [0.29, 0.717) is 73.0 Å².